The topological polar surface area (TPSA) is 64.7 Å². The maximum atomic E-state index is 5.61. The van der Waals surface area contributed by atoms with Gasteiger partial charge in [-0.25, -0.2) is 15.0 Å². The molecular weight excluding hydrogens is 276 g/mol. The SMILES string of the molecule is Nc1nc(S)c2nc(CCc3ccccc3)sc2n1. The second kappa shape index (κ2) is 5.14. The largest absolute Gasteiger partial charge is 0.368 e. The number of thiazole rings is 1. The molecule has 0 aliphatic rings. The second-order valence-corrected chi connectivity index (χ2v) is 5.64. The maximum Gasteiger partial charge on any atom is 0.222 e. The molecule has 0 atom stereocenters. The summed E-state index contributed by atoms with van der Waals surface area (Å²) in [6.45, 7) is 0. The normalized spacial score (nSPS) is 11.0. The van der Waals surface area contributed by atoms with E-state index in [1.54, 1.807) is 11.3 Å². The molecule has 2 aromatic heterocycles. The molecule has 0 radical (unpaired) electrons. The van der Waals surface area contributed by atoms with E-state index >= 15 is 0 Å². The van der Waals surface area contributed by atoms with Gasteiger partial charge in [0.05, 0.1) is 5.01 Å². The molecule has 19 heavy (non-hydrogen) atoms. The lowest BCUT2D eigenvalue weighted by Crippen LogP contribution is -1.94. The Morgan fingerprint density at radius 3 is 2.63 bits per heavy atom. The predicted molar refractivity (Wildman–Crippen MR) is 80.7 cm³/mol. The lowest BCUT2D eigenvalue weighted by Gasteiger charge is -1.97. The van der Waals surface area contributed by atoms with Gasteiger partial charge in [0, 0.05) is 6.42 Å². The second-order valence-electron chi connectivity index (χ2n) is 4.15. The number of aromatic nitrogens is 3. The Balaban J connectivity index is 1.84. The predicted octanol–water partition coefficient (Wildman–Crippen LogP) is 2.74. The molecule has 0 fully saturated rings. The highest BCUT2D eigenvalue weighted by molar-refractivity contribution is 7.80. The minimum atomic E-state index is 0.246. The van der Waals surface area contributed by atoms with Gasteiger partial charge in [0.1, 0.15) is 15.4 Å². The minimum Gasteiger partial charge on any atom is -0.368 e. The van der Waals surface area contributed by atoms with Crippen molar-refractivity contribution < 1.29 is 0 Å². The average Bonchev–Trinajstić information content (AvgIpc) is 2.81. The third-order valence-electron chi connectivity index (χ3n) is 2.77. The highest BCUT2D eigenvalue weighted by atomic mass is 32.1. The molecule has 0 aliphatic carbocycles. The molecule has 1 aromatic carbocycles. The number of anilines is 1. The number of fused-ring (bicyclic) bond motifs is 1. The number of hydrogen-bond donors (Lipinski definition) is 2. The van der Waals surface area contributed by atoms with Gasteiger partial charge in [0.25, 0.3) is 0 Å². The van der Waals surface area contributed by atoms with Gasteiger partial charge < -0.3 is 5.73 Å². The molecule has 0 saturated carbocycles. The Morgan fingerprint density at radius 2 is 1.84 bits per heavy atom. The Bertz CT molecular complexity index is 709. The lowest BCUT2D eigenvalue weighted by molar-refractivity contribution is 0.946. The van der Waals surface area contributed by atoms with Crippen LogP contribution in [-0.4, -0.2) is 15.0 Å². The van der Waals surface area contributed by atoms with Crippen LogP contribution in [-0.2, 0) is 12.8 Å². The first-order valence-electron chi connectivity index (χ1n) is 5.88. The van der Waals surface area contributed by atoms with Gasteiger partial charge in [-0.1, -0.05) is 41.7 Å². The van der Waals surface area contributed by atoms with Gasteiger partial charge in [-0.05, 0) is 12.0 Å². The number of hydrogen-bond acceptors (Lipinski definition) is 6. The average molecular weight is 288 g/mol. The Morgan fingerprint density at radius 1 is 1.05 bits per heavy atom. The summed E-state index contributed by atoms with van der Waals surface area (Å²) < 4.78 is 0. The summed E-state index contributed by atoms with van der Waals surface area (Å²) in [6, 6.07) is 10.4. The van der Waals surface area contributed by atoms with Crippen LogP contribution in [0.4, 0.5) is 5.95 Å². The molecule has 0 unspecified atom stereocenters. The molecule has 0 aliphatic heterocycles. The summed E-state index contributed by atoms with van der Waals surface area (Å²) in [7, 11) is 0. The fourth-order valence-corrected chi connectivity index (χ4v) is 3.15. The number of thiol groups is 1. The Labute approximate surface area is 120 Å². The van der Waals surface area contributed by atoms with Crippen LogP contribution in [0.25, 0.3) is 10.3 Å². The lowest BCUT2D eigenvalue weighted by atomic mass is 10.1. The van der Waals surface area contributed by atoms with Gasteiger partial charge in [-0.2, -0.15) is 0 Å². The van der Waals surface area contributed by atoms with Gasteiger partial charge >= 0.3 is 0 Å². The quantitative estimate of drug-likeness (QED) is 0.574. The number of aryl methyl sites for hydroxylation is 2. The molecule has 0 spiro atoms. The third-order valence-corrected chi connectivity index (χ3v) is 4.09. The number of nitrogens with two attached hydrogens (primary N) is 1. The first-order valence-corrected chi connectivity index (χ1v) is 7.14. The van der Waals surface area contributed by atoms with Gasteiger partial charge in [-0.15, -0.1) is 12.6 Å². The zero-order valence-corrected chi connectivity index (χ0v) is 11.8. The van der Waals surface area contributed by atoms with Crippen molar-refractivity contribution in [3.8, 4) is 0 Å². The summed E-state index contributed by atoms with van der Waals surface area (Å²) in [6.07, 6.45) is 1.85. The molecular formula is C13H12N4S2. The maximum absolute atomic E-state index is 5.61. The Hall–Kier alpha value is -1.66. The van der Waals surface area contributed by atoms with Crippen LogP contribution in [0.2, 0.25) is 0 Å². The molecule has 6 heteroatoms. The van der Waals surface area contributed by atoms with E-state index in [0.29, 0.717) is 5.03 Å². The van der Waals surface area contributed by atoms with Crippen molar-refractivity contribution in [1.29, 1.82) is 0 Å². The molecule has 3 aromatic rings. The van der Waals surface area contributed by atoms with E-state index in [4.69, 9.17) is 5.73 Å². The molecule has 0 saturated heterocycles. The summed E-state index contributed by atoms with van der Waals surface area (Å²) in [5, 5.41) is 1.58. The molecule has 0 amide bonds. The molecule has 96 valence electrons. The summed E-state index contributed by atoms with van der Waals surface area (Å²) >= 11 is 5.84. The monoisotopic (exact) mass is 288 g/mol. The van der Waals surface area contributed by atoms with E-state index in [2.05, 4.69) is 39.7 Å². The van der Waals surface area contributed by atoms with Crippen LogP contribution < -0.4 is 5.73 Å². The van der Waals surface area contributed by atoms with Crippen molar-refractivity contribution in [2.75, 3.05) is 5.73 Å². The fraction of sp³-hybridized carbons (Fsp3) is 0.154. The number of benzene rings is 1. The summed E-state index contributed by atoms with van der Waals surface area (Å²) in [5.41, 5.74) is 7.65. The van der Waals surface area contributed by atoms with Crippen molar-refractivity contribution in [2.45, 2.75) is 17.9 Å². The van der Waals surface area contributed by atoms with E-state index in [1.807, 2.05) is 18.2 Å². The van der Waals surface area contributed by atoms with Gasteiger partial charge in [-0.3, -0.25) is 0 Å². The first-order chi connectivity index (χ1) is 9.22. The van der Waals surface area contributed by atoms with E-state index in [9.17, 15) is 0 Å². The van der Waals surface area contributed by atoms with E-state index in [0.717, 1.165) is 28.2 Å². The number of nitrogen functional groups attached to an aromatic ring is 1. The molecule has 0 bridgehead atoms. The molecule has 2 N–H and O–H groups in total. The van der Waals surface area contributed by atoms with Crippen LogP contribution in [0.3, 0.4) is 0 Å². The van der Waals surface area contributed by atoms with E-state index in [1.165, 1.54) is 5.56 Å². The fourth-order valence-electron chi connectivity index (χ4n) is 1.87. The highest BCUT2D eigenvalue weighted by Crippen LogP contribution is 2.25. The van der Waals surface area contributed by atoms with Crippen LogP contribution in [0.1, 0.15) is 10.6 Å². The zero-order chi connectivity index (χ0) is 13.2. The van der Waals surface area contributed by atoms with Crippen LogP contribution in [0, 0.1) is 0 Å². The molecule has 2 heterocycles. The summed E-state index contributed by atoms with van der Waals surface area (Å²) in [5.74, 6) is 0.246. The third kappa shape index (κ3) is 2.69. The van der Waals surface area contributed by atoms with E-state index in [-0.39, 0.29) is 5.95 Å². The van der Waals surface area contributed by atoms with E-state index < -0.39 is 0 Å². The highest BCUT2D eigenvalue weighted by Gasteiger charge is 2.10. The van der Waals surface area contributed by atoms with Crippen LogP contribution in [0.15, 0.2) is 35.4 Å². The Kier molecular flexibility index (Phi) is 3.35. The minimum absolute atomic E-state index is 0.246. The smallest absolute Gasteiger partial charge is 0.222 e. The zero-order valence-electron chi connectivity index (χ0n) is 10.1. The number of rotatable bonds is 3. The summed E-state index contributed by atoms with van der Waals surface area (Å²) in [4.78, 5) is 13.5. The van der Waals surface area contributed by atoms with Crippen molar-refractivity contribution in [3.63, 3.8) is 0 Å². The van der Waals surface area contributed by atoms with Crippen molar-refractivity contribution >= 4 is 40.3 Å². The van der Waals surface area contributed by atoms with Gasteiger partial charge in [0.2, 0.25) is 5.95 Å². The number of nitrogens with zero attached hydrogens (tertiary/aromatic N) is 3. The van der Waals surface area contributed by atoms with Crippen molar-refractivity contribution in [2.24, 2.45) is 0 Å². The molecule has 3 rings (SSSR count). The van der Waals surface area contributed by atoms with Crippen LogP contribution in [0.5, 0.6) is 0 Å². The van der Waals surface area contributed by atoms with Gasteiger partial charge in [0.15, 0.2) is 0 Å². The standard InChI is InChI=1S/C13H12N4S2/c14-13-16-11(18)10-12(17-13)19-9(15-10)7-6-8-4-2-1-3-5-8/h1-5H,6-7H2,(H3,14,16,17,18). The molecule has 4 nitrogen and oxygen atoms in total. The van der Waals surface area contributed by atoms with Crippen LogP contribution >= 0.6 is 24.0 Å². The van der Waals surface area contributed by atoms with Crippen molar-refractivity contribution in [1.82, 2.24) is 15.0 Å². The van der Waals surface area contributed by atoms with Crippen molar-refractivity contribution in [3.05, 3.63) is 40.9 Å². The first kappa shape index (κ1) is 12.4.